The molecule has 102 valence electrons. The summed E-state index contributed by atoms with van der Waals surface area (Å²) in [6.07, 6.45) is 0. The van der Waals surface area contributed by atoms with E-state index in [9.17, 15) is 9.18 Å². The summed E-state index contributed by atoms with van der Waals surface area (Å²) in [4.78, 5) is 11.9. The summed E-state index contributed by atoms with van der Waals surface area (Å²) in [5, 5.41) is 0.609. The van der Waals surface area contributed by atoms with Crippen molar-refractivity contribution in [3.8, 4) is 0 Å². The van der Waals surface area contributed by atoms with E-state index >= 15 is 0 Å². The third-order valence-corrected chi connectivity index (χ3v) is 3.07. The highest BCUT2D eigenvalue weighted by Crippen LogP contribution is 2.26. The predicted molar refractivity (Wildman–Crippen MR) is 71.9 cm³/mol. The lowest BCUT2D eigenvalue weighted by Crippen LogP contribution is -2.16. The summed E-state index contributed by atoms with van der Waals surface area (Å²) >= 11 is 5.77. The third kappa shape index (κ3) is 2.57. The molecule has 1 heterocycles. The molecule has 0 atom stereocenters. The van der Waals surface area contributed by atoms with E-state index in [4.69, 9.17) is 22.1 Å². The summed E-state index contributed by atoms with van der Waals surface area (Å²) in [5.74, 6) is -0.974. The first kappa shape index (κ1) is 13.8. The maximum atomic E-state index is 13.4. The van der Waals surface area contributed by atoms with Gasteiger partial charge in [0.05, 0.1) is 17.1 Å². The Hall–Kier alpha value is -1.59. The van der Waals surface area contributed by atoms with Gasteiger partial charge in [-0.2, -0.15) is 0 Å². The molecule has 2 N–H and O–H groups in total. The Kier molecular flexibility index (Phi) is 4.07. The molecule has 2 aromatic rings. The Balaban J connectivity index is 2.62. The maximum Gasteiger partial charge on any atom is 0.354 e. The average molecular weight is 285 g/mol. The number of fused-ring (bicyclic) bond motifs is 1. The van der Waals surface area contributed by atoms with Crippen LogP contribution < -0.4 is 5.73 Å². The van der Waals surface area contributed by atoms with Crippen molar-refractivity contribution in [1.29, 1.82) is 0 Å². The van der Waals surface area contributed by atoms with Gasteiger partial charge >= 0.3 is 5.97 Å². The molecule has 0 spiro atoms. The Labute approximate surface area is 114 Å². The quantitative estimate of drug-likeness (QED) is 0.878. The highest BCUT2D eigenvalue weighted by atomic mass is 35.5. The minimum absolute atomic E-state index is 0.0132. The molecule has 0 fully saturated rings. The second-order valence-corrected chi connectivity index (χ2v) is 4.42. The van der Waals surface area contributed by atoms with Crippen LogP contribution in [0.2, 0.25) is 5.02 Å². The third-order valence-electron chi connectivity index (χ3n) is 2.78. The van der Waals surface area contributed by atoms with Crippen LogP contribution in [0, 0.1) is 5.82 Å². The monoisotopic (exact) mass is 284 g/mol. The Morgan fingerprint density at radius 1 is 1.47 bits per heavy atom. The lowest BCUT2D eigenvalue weighted by atomic mass is 10.2. The van der Waals surface area contributed by atoms with Gasteiger partial charge in [0.25, 0.3) is 0 Å². The van der Waals surface area contributed by atoms with E-state index in [-0.39, 0.29) is 11.6 Å². The molecule has 0 saturated carbocycles. The van der Waals surface area contributed by atoms with Gasteiger partial charge in [-0.05, 0) is 25.1 Å². The van der Waals surface area contributed by atoms with E-state index in [0.717, 1.165) is 0 Å². The van der Waals surface area contributed by atoms with Crippen molar-refractivity contribution in [3.05, 3.63) is 34.7 Å². The molecule has 4 nitrogen and oxygen atoms in total. The zero-order chi connectivity index (χ0) is 14.0. The lowest BCUT2D eigenvalue weighted by molar-refractivity contribution is 0.0514. The number of carbonyl (C=O) groups excluding carboxylic acids is 1. The van der Waals surface area contributed by atoms with Gasteiger partial charge in [-0.25, -0.2) is 9.18 Å². The molecular formula is C13H14ClFN2O2. The van der Waals surface area contributed by atoms with E-state index in [1.54, 1.807) is 17.6 Å². The zero-order valence-electron chi connectivity index (χ0n) is 10.5. The van der Waals surface area contributed by atoms with Crippen LogP contribution >= 0.6 is 11.6 Å². The van der Waals surface area contributed by atoms with E-state index in [0.29, 0.717) is 29.7 Å². The first-order valence-electron chi connectivity index (χ1n) is 5.94. The number of aromatic nitrogens is 1. The van der Waals surface area contributed by atoms with Gasteiger partial charge in [-0.3, -0.25) is 0 Å². The SMILES string of the molecule is CCOC(=O)c1cc2cc(F)c(Cl)cc2n1CCN. The molecule has 2 rings (SSSR count). The number of nitrogens with two attached hydrogens (primary N) is 1. The number of hydrogen-bond acceptors (Lipinski definition) is 3. The molecule has 0 aliphatic rings. The maximum absolute atomic E-state index is 13.4. The second-order valence-electron chi connectivity index (χ2n) is 4.02. The number of esters is 1. The fourth-order valence-corrected chi connectivity index (χ4v) is 2.16. The van der Waals surface area contributed by atoms with Gasteiger partial charge in [-0.1, -0.05) is 11.6 Å². The molecule has 6 heteroatoms. The number of benzene rings is 1. The van der Waals surface area contributed by atoms with Crippen LogP contribution in [0.1, 0.15) is 17.4 Å². The van der Waals surface area contributed by atoms with Crippen molar-refractivity contribution in [2.45, 2.75) is 13.5 Å². The van der Waals surface area contributed by atoms with Crippen molar-refractivity contribution in [2.75, 3.05) is 13.2 Å². The lowest BCUT2D eigenvalue weighted by Gasteiger charge is -2.08. The molecule has 0 bridgehead atoms. The van der Waals surface area contributed by atoms with Gasteiger partial charge in [0, 0.05) is 18.5 Å². The number of carbonyl (C=O) groups is 1. The number of ether oxygens (including phenoxy) is 1. The summed E-state index contributed by atoms with van der Waals surface area (Å²) in [6.45, 7) is 2.78. The van der Waals surface area contributed by atoms with Crippen LogP contribution in [0.3, 0.4) is 0 Å². The molecule has 19 heavy (non-hydrogen) atoms. The van der Waals surface area contributed by atoms with Crippen molar-refractivity contribution in [3.63, 3.8) is 0 Å². The standard InChI is InChI=1S/C13H14ClFN2O2/c1-2-19-13(18)12-6-8-5-10(15)9(14)7-11(8)17(12)4-3-16/h5-7H,2-4,16H2,1H3. The molecule has 0 saturated heterocycles. The summed E-state index contributed by atoms with van der Waals surface area (Å²) < 4.78 is 20.1. The van der Waals surface area contributed by atoms with Gasteiger partial charge in [0.1, 0.15) is 11.5 Å². The van der Waals surface area contributed by atoms with Crippen LogP contribution in [0.25, 0.3) is 10.9 Å². The van der Waals surface area contributed by atoms with Gasteiger partial charge in [0.15, 0.2) is 0 Å². The second kappa shape index (κ2) is 5.59. The van der Waals surface area contributed by atoms with E-state index in [2.05, 4.69) is 0 Å². The number of rotatable bonds is 4. The highest BCUT2D eigenvalue weighted by Gasteiger charge is 2.17. The summed E-state index contributed by atoms with van der Waals surface area (Å²) in [7, 11) is 0. The molecule has 0 amide bonds. The van der Waals surface area contributed by atoms with E-state index in [1.807, 2.05) is 0 Å². The first-order chi connectivity index (χ1) is 9.08. The van der Waals surface area contributed by atoms with E-state index < -0.39 is 11.8 Å². The van der Waals surface area contributed by atoms with Crippen LogP contribution in [-0.4, -0.2) is 23.7 Å². The fourth-order valence-electron chi connectivity index (χ4n) is 2.00. The Morgan fingerprint density at radius 3 is 2.84 bits per heavy atom. The molecule has 0 unspecified atom stereocenters. The zero-order valence-corrected chi connectivity index (χ0v) is 11.2. The van der Waals surface area contributed by atoms with Crippen LogP contribution in [0.5, 0.6) is 0 Å². The molecule has 1 aromatic heterocycles. The van der Waals surface area contributed by atoms with Gasteiger partial charge < -0.3 is 15.0 Å². The van der Waals surface area contributed by atoms with Crippen molar-refractivity contribution in [1.82, 2.24) is 4.57 Å². The van der Waals surface area contributed by atoms with Gasteiger partial charge in [0.2, 0.25) is 0 Å². The average Bonchev–Trinajstić information content (AvgIpc) is 2.70. The summed E-state index contributed by atoms with van der Waals surface area (Å²) in [5.41, 5.74) is 6.56. The minimum Gasteiger partial charge on any atom is -0.461 e. The van der Waals surface area contributed by atoms with Crippen LogP contribution in [-0.2, 0) is 11.3 Å². The summed E-state index contributed by atoms with van der Waals surface area (Å²) in [6, 6.07) is 4.38. The molecule has 0 aliphatic carbocycles. The number of nitrogens with zero attached hydrogens (tertiary/aromatic N) is 1. The molecular weight excluding hydrogens is 271 g/mol. The van der Waals surface area contributed by atoms with Crippen molar-refractivity contribution < 1.29 is 13.9 Å². The normalized spacial score (nSPS) is 10.9. The van der Waals surface area contributed by atoms with Crippen LogP contribution in [0.4, 0.5) is 4.39 Å². The number of hydrogen-bond donors (Lipinski definition) is 1. The number of halogens is 2. The Bertz CT molecular complexity index is 625. The van der Waals surface area contributed by atoms with E-state index in [1.165, 1.54) is 12.1 Å². The topological polar surface area (TPSA) is 57.2 Å². The largest absolute Gasteiger partial charge is 0.461 e. The van der Waals surface area contributed by atoms with Crippen molar-refractivity contribution in [2.24, 2.45) is 5.73 Å². The first-order valence-corrected chi connectivity index (χ1v) is 6.31. The molecule has 0 radical (unpaired) electrons. The smallest absolute Gasteiger partial charge is 0.354 e. The van der Waals surface area contributed by atoms with Crippen molar-refractivity contribution >= 4 is 28.5 Å². The highest BCUT2D eigenvalue weighted by molar-refractivity contribution is 6.31. The minimum atomic E-state index is -0.519. The molecule has 1 aromatic carbocycles. The van der Waals surface area contributed by atoms with Gasteiger partial charge in [-0.15, -0.1) is 0 Å². The Morgan fingerprint density at radius 2 is 2.21 bits per heavy atom. The molecule has 0 aliphatic heterocycles. The fraction of sp³-hybridized carbons (Fsp3) is 0.308. The predicted octanol–water partition coefficient (Wildman–Crippen LogP) is 2.57. The van der Waals surface area contributed by atoms with Crippen LogP contribution in [0.15, 0.2) is 18.2 Å².